The highest BCUT2D eigenvalue weighted by atomic mass is 35.5. The number of aromatic hydroxyl groups is 1. The molecule has 4 heteroatoms. The Kier molecular flexibility index (Phi) is 2.37. The summed E-state index contributed by atoms with van der Waals surface area (Å²) < 4.78 is 0. The SMILES string of the molecule is Oc1ccc2ccnc(NC3(CCl)CC3)c2c1. The van der Waals surface area contributed by atoms with Crippen LogP contribution in [0.3, 0.4) is 0 Å². The van der Waals surface area contributed by atoms with Gasteiger partial charge in [0.05, 0.1) is 5.54 Å². The van der Waals surface area contributed by atoms with Gasteiger partial charge in [-0.3, -0.25) is 0 Å². The fourth-order valence-electron chi connectivity index (χ4n) is 1.95. The molecule has 3 rings (SSSR count). The normalized spacial score (nSPS) is 17.0. The number of pyridine rings is 1. The first-order valence-corrected chi connectivity index (χ1v) is 6.18. The Morgan fingerprint density at radius 1 is 1.35 bits per heavy atom. The van der Waals surface area contributed by atoms with Gasteiger partial charge in [0.1, 0.15) is 11.6 Å². The van der Waals surface area contributed by atoms with Crippen molar-refractivity contribution in [3.8, 4) is 5.75 Å². The fraction of sp³-hybridized carbons (Fsp3) is 0.308. The number of phenolic OH excluding ortho intramolecular Hbond substituents is 1. The van der Waals surface area contributed by atoms with E-state index in [4.69, 9.17) is 11.6 Å². The standard InChI is InChI=1S/C13H13ClN2O/c14-8-13(4-5-13)16-12-11-7-10(17)2-1-9(11)3-6-15-12/h1-3,6-7,17H,4-5,8H2,(H,15,16). The molecule has 0 amide bonds. The third kappa shape index (κ3) is 1.91. The molecule has 1 aliphatic carbocycles. The lowest BCUT2D eigenvalue weighted by molar-refractivity contribution is 0.476. The molecule has 3 nitrogen and oxygen atoms in total. The number of nitrogens with zero attached hydrogens (tertiary/aromatic N) is 1. The van der Waals surface area contributed by atoms with Gasteiger partial charge in [-0.1, -0.05) is 6.07 Å². The van der Waals surface area contributed by atoms with E-state index in [0.29, 0.717) is 5.88 Å². The number of alkyl halides is 1. The van der Waals surface area contributed by atoms with E-state index in [1.807, 2.05) is 12.1 Å². The lowest BCUT2D eigenvalue weighted by atomic mass is 10.1. The van der Waals surface area contributed by atoms with Gasteiger partial charge in [-0.25, -0.2) is 4.98 Å². The van der Waals surface area contributed by atoms with E-state index in [1.165, 1.54) is 0 Å². The maximum Gasteiger partial charge on any atom is 0.134 e. The van der Waals surface area contributed by atoms with E-state index in [-0.39, 0.29) is 11.3 Å². The van der Waals surface area contributed by atoms with E-state index in [0.717, 1.165) is 29.4 Å². The number of halogens is 1. The van der Waals surface area contributed by atoms with Crippen molar-refractivity contribution in [2.45, 2.75) is 18.4 Å². The van der Waals surface area contributed by atoms with Gasteiger partial charge in [0.2, 0.25) is 0 Å². The Morgan fingerprint density at radius 2 is 2.18 bits per heavy atom. The highest BCUT2D eigenvalue weighted by Gasteiger charge is 2.42. The molecule has 0 radical (unpaired) electrons. The minimum atomic E-state index is 0.00823. The molecule has 2 N–H and O–H groups in total. The van der Waals surface area contributed by atoms with Gasteiger partial charge < -0.3 is 10.4 Å². The van der Waals surface area contributed by atoms with Crippen molar-refractivity contribution >= 4 is 28.2 Å². The highest BCUT2D eigenvalue weighted by Crippen LogP contribution is 2.40. The van der Waals surface area contributed by atoms with Crippen LogP contribution in [0.1, 0.15) is 12.8 Å². The topological polar surface area (TPSA) is 45.2 Å². The van der Waals surface area contributed by atoms with Crippen molar-refractivity contribution in [3.05, 3.63) is 30.5 Å². The summed E-state index contributed by atoms with van der Waals surface area (Å²) in [6.45, 7) is 0. The van der Waals surface area contributed by atoms with Crippen LogP contribution in [-0.4, -0.2) is 21.5 Å². The van der Waals surface area contributed by atoms with E-state index in [1.54, 1.807) is 18.3 Å². The summed E-state index contributed by atoms with van der Waals surface area (Å²) >= 11 is 5.95. The number of aromatic nitrogens is 1. The molecule has 2 aromatic rings. The molecule has 1 fully saturated rings. The van der Waals surface area contributed by atoms with Gasteiger partial charge in [0, 0.05) is 17.5 Å². The zero-order chi connectivity index (χ0) is 11.9. The second kappa shape index (κ2) is 3.77. The van der Waals surface area contributed by atoms with Crippen molar-refractivity contribution in [1.29, 1.82) is 0 Å². The lowest BCUT2D eigenvalue weighted by Gasteiger charge is -2.16. The summed E-state index contributed by atoms with van der Waals surface area (Å²) in [5.74, 6) is 1.64. The number of phenols is 1. The van der Waals surface area contributed by atoms with Crippen molar-refractivity contribution in [2.75, 3.05) is 11.2 Å². The molecule has 0 atom stereocenters. The van der Waals surface area contributed by atoms with Crippen molar-refractivity contribution < 1.29 is 5.11 Å². The van der Waals surface area contributed by atoms with Crippen molar-refractivity contribution in [3.63, 3.8) is 0 Å². The quantitative estimate of drug-likeness (QED) is 0.821. The van der Waals surface area contributed by atoms with Crippen LogP contribution in [-0.2, 0) is 0 Å². The minimum absolute atomic E-state index is 0.00823. The van der Waals surface area contributed by atoms with Gasteiger partial charge in [-0.05, 0) is 36.4 Å². The Balaban J connectivity index is 2.06. The second-order valence-electron chi connectivity index (χ2n) is 4.60. The first-order valence-electron chi connectivity index (χ1n) is 5.64. The summed E-state index contributed by atoms with van der Waals surface area (Å²) in [5, 5.41) is 14.9. The molecular formula is C13H13ClN2O. The maximum absolute atomic E-state index is 9.54. The third-order valence-corrected chi connectivity index (χ3v) is 3.75. The highest BCUT2D eigenvalue weighted by molar-refractivity contribution is 6.19. The van der Waals surface area contributed by atoms with Crippen LogP contribution in [0.25, 0.3) is 10.8 Å². The van der Waals surface area contributed by atoms with E-state index >= 15 is 0 Å². The molecule has 17 heavy (non-hydrogen) atoms. The molecule has 88 valence electrons. The maximum atomic E-state index is 9.54. The number of benzene rings is 1. The lowest BCUT2D eigenvalue weighted by Crippen LogP contribution is -2.23. The van der Waals surface area contributed by atoms with Crippen LogP contribution < -0.4 is 5.32 Å². The predicted molar refractivity (Wildman–Crippen MR) is 69.7 cm³/mol. The molecule has 1 aromatic heterocycles. The molecule has 1 aliphatic rings. The number of nitrogens with one attached hydrogen (secondary N) is 1. The number of hydrogen-bond acceptors (Lipinski definition) is 3. The molecule has 1 saturated carbocycles. The van der Waals surface area contributed by atoms with Crippen LogP contribution in [0, 0.1) is 0 Å². The van der Waals surface area contributed by atoms with E-state index in [2.05, 4.69) is 10.3 Å². The average Bonchev–Trinajstić information content (AvgIpc) is 3.11. The number of anilines is 1. The molecule has 1 heterocycles. The summed E-state index contributed by atoms with van der Waals surface area (Å²) in [5.41, 5.74) is 0.00823. The largest absolute Gasteiger partial charge is 0.508 e. The Bertz CT molecular complexity index is 566. The first-order chi connectivity index (χ1) is 8.22. The van der Waals surface area contributed by atoms with Gasteiger partial charge in [-0.2, -0.15) is 0 Å². The van der Waals surface area contributed by atoms with E-state index < -0.39 is 0 Å². The minimum Gasteiger partial charge on any atom is -0.508 e. The van der Waals surface area contributed by atoms with Gasteiger partial charge in [-0.15, -0.1) is 11.6 Å². The van der Waals surface area contributed by atoms with Crippen LogP contribution in [0.4, 0.5) is 5.82 Å². The zero-order valence-electron chi connectivity index (χ0n) is 9.28. The second-order valence-corrected chi connectivity index (χ2v) is 4.87. The van der Waals surface area contributed by atoms with Crippen LogP contribution in [0.15, 0.2) is 30.5 Å². The van der Waals surface area contributed by atoms with E-state index in [9.17, 15) is 5.11 Å². The summed E-state index contributed by atoms with van der Waals surface area (Å²) in [7, 11) is 0. The predicted octanol–water partition coefficient (Wildman–Crippen LogP) is 3.12. The van der Waals surface area contributed by atoms with Crippen LogP contribution in [0.5, 0.6) is 5.75 Å². The summed E-state index contributed by atoms with van der Waals surface area (Å²) in [6.07, 6.45) is 3.92. The number of rotatable bonds is 3. The van der Waals surface area contributed by atoms with Crippen LogP contribution in [0.2, 0.25) is 0 Å². The number of fused-ring (bicyclic) bond motifs is 1. The third-order valence-electron chi connectivity index (χ3n) is 3.24. The fourth-order valence-corrected chi connectivity index (χ4v) is 2.28. The van der Waals surface area contributed by atoms with Crippen molar-refractivity contribution in [1.82, 2.24) is 4.98 Å². The smallest absolute Gasteiger partial charge is 0.134 e. The van der Waals surface area contributed by atoms with Crippen LogP contribution >= 0.6 is 11.6 Å². The molecule has 0 bridgehead atoms. The Labute approximate surface area is 104 Å². The summed E-state index contributed by atoms with van der Waals surface area (Å²) in [4.78, 5) is 4.34. The van der Waals surface area contributed by atoms with Crippen molar-refractivity contribution in [2.24, 2.45) is 0 Å². The zero-order valence-corrected chi connectivity index (χ0v) is 10.0. The molecule has 0 aliphatic heterocycles. The Morgan fingerprint density at radius 3 is 2.88 bits per heavy atom. The first kappa shape index (κ1) is 10.7. The van der Waals surface area contributed by atoms with Gasteiger partial charge in [0.25, 0.3) is 0 Å². The molecule has 0 saturated heterocycles. The molecule has 0 unspecified atom stereocenters. The average molecular weight is 249 g/mol. The number of hydrogen-bond donors (Lipinski definition) is 2. The molecular weight excluding hydrogens is 236 g/mol. The molecule has 1 aromatic carbocycles. The van der Waals surface area contributed by atoms with Gasteiger partial charge in [0.15, 0.2) is 0 Å². The van der Waals surface area contributed by atoms with Gasteiger partial charge >= 0.3 is 0 Å². The monoisotopic (exact) mass is 248 g/mol. The molecule has 0 spiro atoms. The summed E-state index contributed by atoms with van der Waals surface area (Å²) in [6, 6.07) is 7.23. The Hall–Kier alpha value is -1.48.